The lowest BCUT2D eigenvalue weighted by molar-refractivity contribution is 0.202. The van der Waals surface area contributed by atoms with E-state index in [1.54, 1.807) is 7.11 Å². The fraction of sp³-hybridized carbons (Fsp3) is 0.615. The lowest BCUT2D eigenvalue weighted by Gasteiger charge is -2.32. The van der Waals surface area contributed by atoms with Gasteiger partial charge in [0, 0.05) is 37.6 Å². The second-order valence-corrected chi connectivity index (χ2v) is 3.99. The van der Waals surface area contributed by atoms with Crippen molar-refractivity contribution in [3.63, 3.8) is 0 Å². The molecule has 1 heterocycles. The quantitative estimate of drug-likeness (QED) is 0.685. The van der Waals surface area contributed by atoms with Crippen molar-refractivity contribution in [2.45, 2.75) is 32.7 Å². The molecule has 0 bridgehead atoms. The first-order valence-electron chi connectivity index (χ1n) is 6.10. The van der Waals surface area contributed by atoms with E-state index in [1.165, 1.54) is 12.3 Å². The average molecular weight is 240 g/mol. The maximum absolute atomic E-state index is 13.2. The SMILES string of the molecule is CCC(CC)N(CCOC)c1ccnc(F)c1. The van der Waals surface area contributed by atoms with Crippen LogP contribution in [0.4, 0.5) is 10.1 Å². The van der Waals surface area contributed by atoms with Crippen LogP contribution in [0.1, 0.15) is 26.7 Å². The predicted molar refractivity (Wildman–Crippen MR) is 67.8 cm³/mol. The molecule has 0 N–H and O–H groups in total. The van der Waals surface area contributed by atoms with Crippen molar-refractivity contribution in [2.24, 2.45) is 0 Å². The molecule has 0 aliphatic rings. The number of anilines is 1. The molecule has 1 aromatic heterocycles. The summed E-state index contributed by atoms with van der Waals surface area (Å²) in [6.07, 6.45) is 3.57. The highest BCUT2D eigenvalue weighted by atomic mass is 19.1. The van der Waals surface area contributed by atoms with Gasteiger partial charge in [-0.1, -0.05) is 13.8 Å². The van der Waals surface area contributed by atoms with Gasteiger partial charge in [0.15, 0.2) is 0 Å². The summed E-state index contributed by atoms with van der Waals surface area (Å²) < 4.78 is 18.3. The van der Waals surface area contributed by atoms with Crippen LogP contribution in [-0.2, 0) is 4.74 Å². The molecule has 0 spiro atoms. The Labute approximate surface area is 103 Å². The monoisotopic (exact) mass is 240 g/mol. The van der Waals surface area contributed by atoms with Gasteiger partial charge in [-0.15, -0.1) is 0 Å². The maximum atomic E-state index is 13.2. The van der Waals surface area contributed by atoms with Gasteiger partial charge in [0.25, 0.3) is 0 Å². The van der Waals surface area contributed by atoms with Crippen LogP contribution in [0.5, 0.6) is 0 Å². The van der Waals surface area contributed by atoms with Crippen molar-refractivity contribution in [3.8, 4) is 0 Å². The second-order valence-electron chi connectivity index (χ2n) is 3.99. The van der Waals surface area contributed by atoms with Gasteiger partial charge in [-0.05, 0) is 18.9 Å². The van der Waals surface area contributed by atoms with Crippen molar-refractivity contribution < 1.29 is 9.13 Å². The van der Waals surface area contributed by atoms with E-state index < -0.39 is 5.95 Å². The number of pyridine rings is 1. The molecule has 0 amide bonds. The van der Waals surface area contributed by atoms with E-state index in [-0.39, 0.29) is 0 Å². The lowest BCUT2D eigenvalue weighted by atomic mass is 10.1. The predicted octanol–water partition coefficient (Wildman–Crippen LogP) is 2.86. The summed E-state index contributed by atoms with van der Waals surface area (Å²) in [5, 5.41) is 0. The van der Waals surface area contributed by atoms with Crippen LogP contribution in [-0.4, -0.2) is 31.3 Å². The van der Waals surface area contributed by atoms with Gasteiger partial charge in [0.05, 0.1) is 6.61 Å². The molecule has 0 fully saturated rings. The lowest BCUT2D eigenvalue weighted by Crippen LogP contribution is -2.37. The van der Waals surface area contributed by atoms with E-state index in [9.17, 15) is 4.39 Å². The molecule has 4 heteroatoms. The van der Waals surface area contributed by atoms with E-state index in [0.29, 0.717) is 12.6 Å². The number of ether oxygens (including phenoxy) is 1. The minimum atomic E-state index is -0.434. The van der Waals surface area contributed by atoms with Crippen molar-refractivity contribution in [1.82, 2.24) is 4.98 Å². The Morgan fingerprint density at radius 3 is 2.65 bits per heavy atom. The van der Waals surface area contributed by atoms with Crippen LogP contribution in [0.15, 0.2) is 18.3 Å². The van der Waals surface area contributed by atoms with Gasteiger partial charge in [-0.3, -0.25) is 0 Å². The zero-order valence-electron chi connectivity index (χ0n) is 10.8. The number of aromatic nitrogens is 1. The molecule has 17 heavy (non-hydrogen) atoms. The van der Waals surface area contributed by atoms with Gasteiger partial charge < -0.3 is 9.64 Å². The van der Waals surface area contributed by atoms with Crippen LogP contribution in [0.3, 0.4) is 0 Å². The second kappa shape index (κ2) is 7.22. The standard InChI is InChI=1S/C13H21FN2O/c1-4-11(5-2)16(8-9-17-3)12-6-7-15-13(14)10-12/h6-7,10-11H,4-5,8-9H2,1-3H3. The summed E-state index contributed by atoms with van der Waals surface area (Å²) in [5.74, 6) is -0.434. The van der Waals surface area contributed by atoms with Crippen LogP contribution >= 0.6 is 0 Å². The van der Waals surface area contributed by atoms with Crippen LogP contribution in [0.2, 0.25) is 0 Å². The molecule has 0 saturated carbocycles. The molecule has 0 aliphatic carbocycles. The summed E-state index contributed by atoms with van der Waals surface area (Å²) in [6.45, 7) is 5.70. The Balaban J connectivity index is 2.88. The number of hydrogen-bond donors (Lipinski definition) is 0. The van der Waals surface area contributed by atoms with Crippen molar-refractivity contribution in [2.75, 3.05) is 25.2 Å². The normalized spacial score (nSPS) is 10.9. The zero-order chi connectivity index (χ0) is 12.7. The summed E-state index contributed by atoms with van der Waals surface area (Å²) in [6, 6.07) is 3.73. The Bertz CT molecular complexity index is 329. The fourth-order valence-corrected chi connectivity index (χ4v) is 2.01. The smallest absolute Gasteiger partial charge is 0.214 e. The molecular formula is C13H21FN2O. The Kier molecular flexibility index (Phi) is 5.91. The fourth-order valence-electron chi connectivity index (χ4n) is 2.01. The van der Waals surface area contributed by atoms with E-state index in [2.05, 4.69) is 23.7 Å². The molecular weight excluding hydrogens is 219 g/mol. The van der Waals surface area contributed by atoms with E-state index in [0.717, 1.165) is 25.1 Å². The molecule has 3 nitrogen and oxygen atoms in total. The topological polar surface area (TPSA) is 25.4 Å². The Morgan fingerprint density at radius 2 is 2.12 bits per heavy atom. The first-order chi connectivity index (χ1) is 8.22. The number of hydrogen-bond acceptors (Lipinski definition) is 3. The number of rotatable bonds is 7. The third-order valence-corrected chi connectivity index (χ3v) is 2.96. The molecule has 0 radical (unpaired) electrons. The Morgan fingerprint density at radius 1 is 1.41 bits per heavy atom. The highest BCUT2D eigenvalue weighted by Crippen LogP contribution is 2.20. The third-order valence-electron chi connectivity index (χ3n) is 2.96. The van der Waals surface area contributed by atoms with Crippen molar-refractivity contribution in [3.05, 3.63) is 24.3 Å². The summed E-state index contributed by atoms with van der Waals surface area (Å²) in [4.78, 5) is 5.78. The van der Waals surface area contributed by atoms with Crippen LogP contribution < -0.4 is 4.90 Å². The summed E-state index contributed by atoms with van der Waals surface area (Å²) in [7, 11) is 1.68. The Hall–Kier alpha value is -1.16. The summed E-state index contributed by atoms with van der Waals surface area (Å²) in [5.41, 5.74) is 0.878. The first kappa shape index (κ1) is 13.9. The van der Waals surface area contributed by atoms with E-state index >= 15 is 0 Å². The number of nitrogens with zero attached hydrogens (tertiary/aromatic N) is 2. The molecule has 1 rings (SSSR count). The summed E-state index contributed by atoms with van der Waals surface area (Å²) >= 11 is 0. The van der Waals surface area contributed by atoms with Crippen molar-refractivity contribution in [1.29, 1.82) is 0 Å². The number of halogens is 1. The molecule has 0 aromatic carbocycles. The van der Waals surface area contributed by atoms with Crippen molar-refractivity contribution >= 4 is 5.69 Å². The molecule has 0 saturated heterocycles. The van der Waals surface area contributed by atoms with E-state index in [4.69, 9.17) is 4.74 Å². The highest BCUT2D eigenvalue weighted by molar-refractivity contribution is 5.46. The van der Waals surface area contributed by atoms with Crippen LogP contribution in [0, 0.1) is 5.95 Å². The average Bonchev–Trinajstić information content (AvgIpc) is 2.34. The van der Waals surface area contributed by atoms with Gasteiger partial charge in [-0.25, -0.2) is 4.98 Å². The molecule has 0 aliphatic heterocycles. The van der Waals surface area contributed by atoms with Gasteiger partial charge in [0.2, 0.25) is 5.95 Å². The van der Waals surface area contributed by atoms with Gasteiger partial charge in [-0.2, -0.15) is 4.39 Å². The number of methoxy groups -OCH3 is 1. The highest BCUT2D eigenvalue weighted by Gasteiger charge is 2.15. The molecule has 0 unspecified atom stereocenters. The first-order valence-corrected chi connectivity index (χ1v) is 6.10. The van der Waals surface area contributed by atoms with Crippen LogP contribution in [0.25, 0.3) is 0 Å². The maximum Gasteiger partial charge on any atom is 0.214 e. The van der Waals surface area contributed by atoms with Gasteiger partial charge in [0.1, 0.15) is 0 Å². The largest absolute Gasteiger partial charge is 0.383 e. The minimum Gasteiger partial charge on any atom is -0.383 e. The minimum absolute atomic E-state index is 0.409. The third kappa shape index (κ3) is 3.97. The van der Waals surface area contributed by atoms with E-state index in [1.807, 2.05) is 6.07 Å². The molecule has 96 valence electrons. The molecule has 0 atom stereocenters. The zero-order valence-corrected chi connectivity index (χ0v) is 10.8. The van der Waals surface area contributed by atoms with Gasteiger partial charge >= 0.3 is 0 Å². The molecule has 1 aromatic rings.